The lowest BCUT2D eigenvalue weighted by molar-refractivity contribution is 0.0949. The van der Waals surface area contributed by atoms with Gasteiger partial charge in [0.1, 0.15) is 12.4 Å². The molecule has 0 aliphatic carbocycles. The van der Waals surface area contributed by atoms with Gasteiger partial charge in [-0.25, -0.2) is 0 Å². The Bertz CT molecular complexity index is 451. The number of amides is 1. The molecule has 0 saturated carbocycles. The number of hydrogen-bond acceptors (Lipinski definition) is 3. The zero-order chi connectivity index (χ0) is 15.8. The first kappa shape index (κ1) is 16.8. The van der Waals surface area contributed by atoms with Gasteiger partial charge in [0, 0.05) is 18.7 Å². The van der Waals surface area contributed by atoms with Crippen LogP contribution in [-0.4, -0.2) is 43.6 Å². The molecule has 1 aromatic carbocycles. The van der Waals surface area contributed by atoms with E-state index in [0.717, 1.165) is 12.3 Å². The van der Waals surface area contributed by atoms with E-state index in [1.807, 2.05) is 24.3 Å². The summed E-state index contributed by atoms with van der Waals surface area (Å²) in [6.07, 6.45) is 3.97. The molecule has 2 rings (SSSR count). The van der Waals surface area contributed by atoms with Crippen molar-refractivity contribution in [3.63, 3.8) is 0 Å². The summed E-state index contributed by atoms with van der Waals surface area (Å²) in [4.78, 5) is 14.4. The maximum atomic E-state index is 11.9. The van der Waals surface area contributed by atoms with Crippen LogP contribution in [0.15, 0.2) is 24.3 Å². The summed E-state index contributed by atoms with van der Waals surface area (Å²) in [6.45, 7) is 8.94. The van der Waals surface area contributed by atoms with E-state index in [1.165, 1.54) is 32.4 Å². The van der Waals surface area contributed by atoms with Gasteiger partial charge in [0.15, 0.2) is 0 Å². The lowest BCUT2D eigenvalue weighted by Gasteiger charge is -2.26. The van der Waals surface area contributed by atoms with Crippen molar-refractivity contribution in [2.75, 3.05) is 32.8 Å². The van der Waals surface area contributed by atoms with Crippen molar-refractivity contribution in [3.05, 3.63) is 29.8 Å². The van der Waals surface area contributed by atoms with Crippen molar-refractivity contribution in [2.24, 2.45) is 5.92 Å². The van der Waals surface area contributed by atoms with Gasteiger partial charge in [-0.2, -0.15) is 0 Å². The van der Waals surface area contributed by atoms with E-state index in [-0.39, 0.29) is 5.91 Å². The molecule has 1 saturated heterocycles. The largest absolute Gasteiger partial charge is 0.492 e. The van der Waals surface area contributed by atoms with Crippen molar-refractivity contribution < 1.29 is 9.53 Å². The van der Waals surface area contributed by atoms with Gasteiger partial charge in [-0.1, -0.05) is 20.3 Å². The molecule has 0 spiro atoms. The van der Waals surface area contributed by atoms with Gasteiger partial charge < -0.3 is 10.1 Å². The van der Waals surface area contributed by atoms with Crippen molar-refractivity contribution in [3.8, 4) is 5.75 Å². The standard InChI is InChI=1S/C18H28N2O2/c1-15(2)14-19-18(21)16-6-8-17(9-7-16)22-13-12-20-10-4-3-5-11-20/h6-9,15H,3-5,10-14H2,1-2H3,(H,19,21). The highest BCUT2D eigenvalue weighted by Gasteiger charge is 2.10. The molecule has 0 bridgehead atoms. The average Bonchev–Trinajstić information content (AvgIpc) is 2.54. The molecule has 0 radical (unpaired) electrons. The summed E-state index contributed by atoms with van der Waals surface area (Å²) in [5.74, 6) is 1.27. The van der Waals surface area contributed by atoms with Crippen LogP contribution in [-0.2, 0) is 0 Å². The van der Waals surface area contributed by atoms with Crippen molar-refractivity contribution in [1.82, 2.24) is 10.2 Å². The fraction of sp³-hybridized carbons (Fsp3) is 0.611. The monoisotopic (exact) mass is 304 g/mol. The van der Waals surface area contributed by atoms with Crippen LogP contribution < -0.4 is 10.1 Å². The third kappa shape index (κ3) is 5.68. The fourth-order valence-corrected chi connectivity index (χ4v) is 2.58. The highest BCUT2D eigenvalue weighted by atomic mass is 16.5. The summed E-state index contributed by atoms with van der Waals surface area (Å²) in [5, 5.41) is 2.92. The van der Waals surface area contributed by atoms with Crippen LogP contribution in [0.2, 0.25) is 0 Å². The minimum atomic E-state index is -0.0198. The summed E-state index contributed by atoms with van der Waals surface area (Å²) in [6, 6.07) is 7.40. The zero-order valence-electron chi connectivity index (χ0n) is 13.8. The number of nitrogens with one attached hydrogen (secondary N) is 1. The third-order valence-corrected chi connectivity index (χ3v) is 3.91. The van der Waals surface area contributed by atoms with Crippen LogP contribution in [0.5, 0.6) is 5.75 Å². The first-order chi connectivity index (χ1) is 10.6. The van der Waals surface area contributed by atoms with Gasteiger partial charge in [-0.3, -0.25) is 9.69 Å². The molecule has 1 N–H and O–H groups in total. The van der Waals surface area contributed by atoms with Gasteiger partial charge >= 0.3 is 0 Å². The molecule has 0 unspecified atom stereocenters. The van der Waals surface area contributed by atoms with Gasteiger partial charge in [0.05, 0.1) is 0 Å². The highest BCUT2D eigenvalue weighted by Crippen LogP contribution is 2.13. The van der Waals surface area contributed by atoms with Gasteiger partial charge in [0.2, 0.25) is 0 Å². The molecule has 1 heterocycles. The normalized spacial score (nSPS) is 15.8. The number of ether oxygens (including phenoxy) is 1. The SMILES string of the molecule is CC(C)CNC(=O)c1ccc(OCCN2CCCCC2)cc1. The Hall–Kier alpha value is -1.55. The van der Waals surface area contributed by atoms with Crippen LogP contribution in [0.25, 0.3) is 0 Å². The number of likely N-dealkylation sites (tertiary alicyclic amines) is 1. The van der Waals surface area contributed by atoms with Crippen molar-refractivity contribution in [2.45, 2.75) is 33.1 Å². The quantitative estimate of drug-likeness (QED) is 0.842. The van der Waals surface area contributed by atoms with E-state index in [0.29, 0.717) is 24.6 Å². The van der Waals surface area contributed by atoms with Gasteiger partial charge in [-0.05, 0) is 56.1 Å². The Morgan fingerprint density at radius 3 is 2.50 bits per heavy atom. The molecular formula is C18H28N2O2. The molecule has 4 heteroatoms. The summed E-state index contributed by atoms with van der Waals surface area (Å²) in [5.41, 5.74) is 0.684. The van der Waals surface area contributed by atoms with E-state index >= 15 is 0 Å². The number of hydrogen-bond donors (Lipinski definition) is 1. The topological polar surface area (TPSA) is 41.6 Å². The van der Waals surface area contributed by atoms with E-state index in [9.17, 15) is 4.79 Å². The van der Waals surface area contributed by atoms with Crippen LogP contribution in [0.1, 0.15) is 43.5 Å². The highest BCUT2D eigenvalue weighted by molar-refractivity contribution is 5.94. The Morgan fingerprint density at radius 2 is 1.86 bits per heavy atom. The molecule has 0 aromatic heterocycles. The summed E-state index contributed by atoms with van der Waals surface area (Å²) < 4.78 is 5.77. The van der Waals surface area contributed by atoms with E-state index in [2.05, 4.69) is 24.1 Å². The second kappa shape index (κ2) is 8.79. The van der Waals surface area contributed by atoms with E-state index in [4.69, 9.17) is 4.74 Å². The zero-order valence-corrected chi connectivity index (χ0v) is 13.8. The number of rotatable bonds is 7. The van der Waals surface area contributed by atoms with Gasteiger partial charge in [0.25, 0.3) is 5.91 Å². The van der Waals surface area contributed by atoms with Crippen LogP contribution in [0.4, 0.5) is 0 Å². The van der Waals surface area contributed by atoms with Crippen molar-refractivity contribution in [1.29, 1.82) is 0 Å². The minimum Gasteiger partial charge on any atom is -0.492 e. The molecule has 1 amide bonds. The second-order valence-corrected chi connectivity index (χ2v) is 6.38. The first-order valence-electron chi connectivity index (χ1n) is 8.38. The number of benzene rings is 1. The molecule has 4 nitrogen and oxygen atoms in total. The number of carbonyl (C=O) groups excluding carboxylic acids is 1. The first-order valence-corrected chi connectivity index (χ1v) is 8.38. The third-order valence-electron chi connectivity index (χ3n) is 3.91. The number of piperidine rings is 1. The summed E-state index contributed by atoms with van der Waals surface area (Å²) >= 11 is 0. The Balaban J connectivity index is 1.72. The maximum Gasteiger partial charge on any atom is 0.251 e. The van der Waals surface area contributed by atoms with E-state index in [1.54, 1.807) is 0 Å². The van der Waals surface area contributed by atoms with Crippen LogP contribution in [0, 0.1) is 5.92 Å². The molecule has 22 heavy (non-hydrogen) atoms. The smallest absolute Gasteiger partial charge is 0.251 e. The second-order valence-electron chi connectivity index (χ2n) is 6.38. The predicted molar refractivity (Wildman–Crippen MR) is 89.4 cm³/mol. The number of nitrogens with zero attached hydrogens (tertiary/aromatic N) is 1. The molecule has 0 atom stereocenters. The average molecular weight is 304 g/mol. The molecular weight excluding hydrogens is 276 g/mol. The fourth-order valence-electron chi connectivity index (χ4n) is 2.58. The van der Waals surface area contributed by atoms with Crippen LogP contribution >= 0.6 is 0 Å². The molecule has 1 fully saturated rings. The number of carbonyl (C=O) groups is 1. The molecule has 1 aliphatic rings. The maximum absolute atomic E-state index is 11.9. The van der Waals surface area contributed by atoms with Gasteiger partial charge in [-0.15, -0.1) is 0 Å². The predicted octanol–water partition coefficient (Wildman–Crippen LogP) is 2.94. The molecule has 122 valence electrons. The van der Waals surface area contributed by atoms with Crippen molar-refractivity contribution >= 4 is 5.91 Å². The minimum absolute atomic E-state index is 0.0198. The van der Waals surface area contributed by atoms with Crippen LogP contribution in [0.3, 0.4) is 0 Å². The molecule has 1 aromatic rings. The van der Waals surface area contributed by atoms with E-state index < -0.39 is 0 Å². The Labute approximate surface area is 133 Å². The Kier molecular flexibility index (Phi) is 6.72. The lowest BCUT2D eigenvalue weighted by atomic mass is 10.1. The molecule has 1 aliphatic heterocycles. The summed E-state index contributed by atoms with van der Waals surface area (Å²) in [7, 11) is 0. The Morgan fingerprint density at radius 1 is 1.18 bits per heavy atom. The lowest BCUT2D eigenvalue weighted by Crippen LogP contribution is -2.33.